The highest BCUT2D eigenvalue weighted by Crippen LogP contribution is 2.14. The zero-order valence-electron chi connectivity index (χ0n) is 17.2. The van der Waals surface area contributed by atoms with Crippen LogP contribution in [0.2, 0.25) is 5.02 Å². The molecule has 0 radical (unpaired) electrons. The second-order valence-corrected chi connectivity index (χ2v) is 7.52. The van der Waals surface area contributed by atoms with Crippen molar-refractivity contribution in [1.82, 2.24) is 15.1 Å². The van der Waals surface area contributed by atoms with Crippen LogP contribution in [0.5, 0.6) is 5.88 Å². The van der Waals surface area contributed by atoms with Gasteiger partial charge in [-0.1, -0.05) is 23.7 Å². The summed E-state index contributed by atoms with van der Waals surface area (Å²) in [6.07, 6.45) is 0. The minimum Gasteiger partial charge on any atom is -0.472 e. The molecule has 1 N–H and O–H groups in total. The smallest absolute Gasteiger partial charge is 0.271 e. The first-order valence-electron chi connectivity index (χ1n) is 9.89. The van der Waals surface area contributed by atoms with Gasteiger partial charge in [-0.05, 0) is 61.0 Å². The number of ether oxygens (including phenoxy) is 1. The van der Waals surface area contributed by atoms with Crippen LogP contribution >= 0.6 is 11.6 Å². The van der Waals surface area contributed by atoms with Crippen LogP contribution < -0.4 is 15.6 Å². The van der Waals surface area contributed by atoms with Crippen LogP contribution in [0.25, 0.3) is 5.69 Å². The van der Waals surface area contributed by atoms with Gasteiger partial charge in [-0.25, -0.2) is 0 Å². The number of aromatic nitrogens is 2. The molecule has 8 heteroatoms. The van der Waals surface area contributed by atoms with Gasteiger partial charge in [-0.2, -0.15) is 4.68 Å². The Labute approximate surface area is 189 Å². The zero-order chi connectivity index (χ0) is 22.5. The molecule has 0 unspecified atom stereocenters. The number of nitrogens with one attached hydrogen (secondary N) is 1. The van der Waals surface area contributed by atoms with Gasteiger partial charge in [0.25, 0.3) is 11.5 Å². The van der Waals surface area contributed by atoms with Crippen molar-refractivity contribution in [3.63, 3.8) is 0 Å². The summed E-state index contributed by atoms with van der Waals surface area (Å²) in [4.78, 5) is 24.7. The molecule has 7 nitrogen and oxygen atoms in total. The highest BCUT2D eigenvalue weighted by molar-refractivity contribution is 6.30. The van der Waals surface area contributed by atoms with E-state index in [2.05, 4.69) is 10.4 Å². The van der Waals surface area contributed by atoms with Gasteiger partial charge in [0.2, 0.25) is 5.88 Å². The van der Waals surface area contributed by atoms with Gasteiger partial charge in [0.15, 0.2) is 0 Å². The van der Waals surface area contributed by atoms with Crippen molar-refractivity contribution in [2.75, 3.05) is 0 Å². The van der Waals surface area contributed by atoms with Crippen LogP contribution in [0.4, 0.5) is 0 Å². The lowest BCUT2D eigenvalue weighted by molar-refractivity contribution is 0.0948. The Hall–Kier alpha value is -3.84. The summed E-state index contributed by atoms with van der Waals surface area (Å²) in [5, 5.41) is 7.72. The number of amides is 1. The monoisotopic (exact) mass is 449 g/mol. The third-order valence-electron chi connectivity index (χ3n) is 4.67. The summed E-state index contributed by atoms with van der Waals surface area (Å²) in [5.74, 6) is 1.52. The molecule has 2 heterocycles. The van der Waals surface area contributed by atoms with Crippen molar-refractivity contribution >= 4 is 17.5 Å². The minimum absolute atomic E-state index is 0.244. The lowest BCUT2D eigenvalue weighted by Gasteiger charge is -2.09. The zero-order valence-corrected chi connectivity index (χ0v) is 18.0. The molecule has 162 valence electrons. The van der Waals surface area contributed by atoms with Gasteiger partial charge in [0.1, 0.15) is 18.1 Å². The van der Waals surface area contributed by atoms with Crippen LogP contribution in [0, 0.1) is 6.92 Å². The molecular weight excluding hydrogens is 430 g/mol. The Balaban J connectivity index is 1.43. The van der Waals surface area contributed by atoms with Crippen molar-refractivity contribution in [1.29, 1.82) is 0 Å². The normalized spacial score (nSPS) is 10.7. The van der Waals surface area contributed by atoms with Crippen LogP contribution in [-0.2, 0) is 13.2 Å². The van der Waals surface area contributed by atoms with E-state index < -0.39 is 0 Å². The van der Waals surface area contributed by atoms with Crippen LogP contribution in [0.3, 0.4) is 0 Å². The molecular formula is C24H20ClN3O4. The fourth-order valence-corrected chi connectivity index (χ4v) is 3.12. The number of furan rings is 1. The largest absolute Gasteiger partial charge is 0.472 e. The maximum absolute atomic E-state index is 12.4. The van der Waals surface area contributed by atoms with Crippen molar-refractivity contribution in [3.8, 4) is 11.6 Å². The summed E-state index contributed by atoms with van der Waals surface area (Å²) in [7, 11) is 0. The standard InChI is InChI=1S/C24H20ClN3O4/c1-16-2-11-21(32-16)14-26-24(30)18-5-9-20(10-6-18)28-23(29)13-12-22(27-28)31-15-17-3-7-19(25)8-4-17/h2-13H,14-15H2,1H3,(H,26,30). The van der Waals surface area contributed by atoms with Gasteiger partial charge in [0.05, 0.1) is 12.2 Å². The SMILES string of the molecule is Cc1ccc(CNC(=O)c2ccc(-n3nc(OCc4ccc(Cl)cc4)ccc3=O)cc2)o1. The van der Waals surface area contributed by atoms with Crippen molar-refractivity contribution in [2.24, 2.45) is 0 Å². The molecule has 4 rings (SSSR count). The molecule has 0 bridgehead atoms. The molecule has 0 aliphatic carbocycles. The van der Waals surface area contributed by atoms with Gasteiger partial charge >= 0.3 is 0 Å². The van der Waals surface area contributed by atoms with Crippen LogP contribution in [0.1, 0.15) is 27.4 Å². The number of hydrogen-bond donors (Lipinski definition) is 1. The number of carbonyl (C=O) groups is 1. The van der Waals surface area contributed by atoms with E-state index in [4.69, 9.17) is 20.8 Å². The third-order valence-corrected chi connectivity index (χ3v) is 4.92. The molecule has 2 aromatic heterocycles. The quantitative estimate of drug-likeness (QED) is 0.454. The summed E-state index contributed by atoms with van der Waals surface area (Å²) in [6.45, 7) is 2.43. The molecule has 0 aliphatic rings. The molecule has 0 spiro atoms. The van der Waals surface area contributed by atoms with Gasteiger partial charge in [-0.15, -0.1) is 5.10 Å². The number of nitrogens with zero attached hydrogens (tertiary/aromatic N) is 2. The first-order valence-corrected chi connectivity index (χ1v) is 10.3. The van der Waals surface area contributed by atoms with E-state index in [1.165, 1.54) is 16.8 Å². The molecule has 2 aromatic carbocycles. The average Bonchev–Trinajstić information content (AvgIpc) is 3.23. The molecule has 4 aromatic rings. The Kier molecular flexibility index (Phi) is 6.37. The number of hydrogen-bond acceptors (Lipinski definition) is 5. The fraction of sp³-hybridized carbons (Fsp3) is 0.125. The maximum Gasteiger partial charge on any atom is 0.271 e. The molecule has 1 amide bonds. The van der Waals surface area contributed by atoms with Gasteiger partial charge < -0.3 is 14.5 Å². The Bertz CT molecular complexity index is 1280. The van der Waals surface area contributed by atoms with Crippen LogP contribution in [-0.4, -0.2) is 15.7 Å². The topological polar surface area (TPSA) is 86.4 Å². The number of halogens is 1. The van der Waals surface area contributed by atoms with Crippen molar-refractivity contribution in [2.45, 2.75) is 20.1 Å². The van der Waals surface area contributed by atoms with Crippen LogP contribution in [0.15, 0.2) is 82.0 Å². The van der Waals surface area contributed by atoms with E-state index in [-0.39, 0.29) is 18.1 Å². The van der Waals surface area contributed by atoms with E-state index in [0.717, 1.165) is 11.3 Å². The van der Waals surface area contributed by atoms with E-state index in [1.807, 2.05) is 31.2 Å². The van der Waals surface area contributed by atoms with E-state index in [9.17, 15) is 9.59 Å². The van der Waals surface area contributed by atoms with Crippen molar-refractivity contribution in [3.05, 3.63) is 111 Å². The summed E-state index contributed by atoms with van der Waals surface area (Å²) in [5.41, 5.74) is 1.59. The van der Waals surface area contributed by atoms with Gasteiger partial charge in [-0.3, -0.25) is 9.59 Å². The van der Waals surface area contributed by atoms with E-state index in [0.29, 0.717) is 34.5 Å². The average molecular weight is 450 g/mol. The highest BCUT2D eigenvalue weighted by atomic mass is 35.5. The third kappa shape index (κ3) is 5.25. The van der Waals surface area contributed by atoms with E-state index >= 15 is 0 Å². The Morgan fingerprint density at radius 3 is 2.47 bits per heavy atom. The number of rotatable bonds is 7. The Morgan fingerprint density at radius 2 is 1.78 bits per heavy atom. The highest BCUT2D eigenvalue weighted by Gasteiger charge is 2.09. The number of benzene rings is 2. The number of aryl methyl sites for hydroxylation is 1. The molecule has 0 saturated heterocycles. The summed E-state index contributed by atoms with van der Waals surface area (Å²) >= 11 is 5.89. The van der Waals surface area contributed by atoms with E-state index in [1.54, 1.807) is 36.4 Å². The predicted molar refractivity (Wildman–Crippen MR) is 120 cm³/mol. The lowest BCUT2D eigenvalue weighted by Crippen LogP contribution is -2.23. The molecule has 32 heavy (non-hydrogen) atoms. The van der Waals surface area contributed by atoms with Crippen molar-refractivity contribution < 1.29 is 13.9 Å². The Morgan fingerprint density at radius 1 is 1.03 bits per heavy atom. The number of carbonyl (C=O) groups excluding carboxylic acids is 1. The second kappa shape index (κ2) is 9.53. The maximum atomic E-state index is 12.4. The first kappa shape index (κ1) is 21.4. The molecule has 0 saturated carbocycles. The van der Waals surface area contributed by atoms with Gasteiger partial charge in [0, 0.05) is 22.7 Å². The lowest BCUT2D eigenvalue weighted by atomic mass is 10.2. The summed E-state index contributed by atoms with van der Waals surface area (Å²) in [6, 6.07) is 20.4. The minimum atomic E-state index is -0.311. The first-order chi connectivity index (χ1) is 15.5. The predicted octanol–water partition coefficient (Wildman–Crippen LogP) is 4.30. The fourth-order valence-electron chi connectivity index (χ4n) is 3.00. The summed E-state index contributed by atoms with van der Waals surface area (Å²) < 4.78 is 12.4. The molecule has 0 aliphatic heterocycles. The molecule has 0 atom stereocenters. The second-order valence-electron chi connectivity index (χ2n) is 7.08. The molecule has 0 fully saturated rings.